The zero-order chi connectivity index (χ0) is 16.9. The molecule has 2 heterocycles. The van der Waals surface area contributed by atoms with Crippen molar-refractivity contribution in [1.29, 1.82) is 0 Å². The topological polar surface area (TPSA) is 41.1 Å². The Kier molecular flexibility index (Phi) is 5.34. The van der Waals surface area contributed by atoms with Crippen molar-refractivity contribution in [2.75, 3.05) is 23.3 Å². The molecule has 0 unspecified atom stereocenters. The predicted molar refractivity (Wildman–Crippen MR) is 101 cm³/mol. The van der Waals surface area contributed by atoms with Crippen molar-refractivity contribution in [3.63, 3.8) is 0 Å². The van der Waals surface area contributed by atoms with Gasteiger partial charge in [-0.2, -0.15) is 4.98 Å². The van der Waals surface area contributed by atoms with Gasteiger partial charge in [-0.3, -0.25) is 0 Å². The van der Waals surface area contributed by atoms with Crippen LogP contribution in [0.4, 0.5) is 17.5 Å². The minimum Gasteiger partial charge on any atom is -0.356 e. The van der Waals surface area contributed by atoms with Crippen molar-refractivity contribution in [1.82, 2.24) is 9.97 Å². The molecule has 1 fully saturated rings. The molecule has 0 radical (unpaired) electrons. The van der Waals surface area contributed by atoms with E-state index < -0.39 is 0 Å². The maximum absolute atomic E-state index is 4.81. The number of hydrogen-bond acceptors (Lipinski definition) is 4. The number of para-hydroxylation sites is 1. The summed E-state index contributed by atoms with van der Waals surface area (Å²) in [5, 5.41) is 3.51. The summed E-state index contributed by atoms with van der Waals surface area (Å²) >= 11 is 0. The molecule has 128 valence electrons. The quantitative estimate of drug-likeness (QED) is 0.869. The van der Waals surface area contributed by atoms with Crippen LogP contribution in [0.15, 0.2) is 24.3 Å². The van der Waals surface area contributed by atoms with Gasteiger partial charge in [0.25, 0.3) is 0 Å². The van der Waals surface area contributed by atoms with Crippen molar-refractivity contribution in [3.8, 4) is 0 Å². The van der Waals surface area contributed by atoms with Gasteiger partial charge in [-0.05, 0) is 50.2 Å². The summed E-state index contributed by atoms with van der Waals surface area (Å²) in [4.78, 5) is 11.8. The SMILES string of the molecule is CCc1cccc(CC)c1Nc1nc(C)cc(N2CCCCC2)n1. The fraction of sp³-hybridized carbons (Fsp3) is 0.500. The van der Waals surface area contributed by atoms with Gasteiger partial charge in [0.2, 0.25) is 5.95 Å². The van der Waals surface area contributed by atoms with Crippen molar-refractivity contribution < 1.29 is 0 Å². The minimum absolute atomic E-state index is 0.714. The van der Waals surface area contributed by atoms with Crippen LogP contribution in [-0.4, -0.2) is 23.1 Å². The van der Waals surface area contributed by atoms with Crippen LogP contribution in [0, 0.1) is 6.92 Å². The number of nitrogens with one attached hydrogen (secondary N) is 1. The molecule has 1 aromatic heterocycles. The highest BCUT2D eigenvalue weighted by Crippen LogP contribution is 2.27. The molecule has 0 bridgehead atoms. The van der Waals surface area contributed by atoms with Crippen LogP contribution in [-0.2, 0) is 12.8 Å². The lowest BCUT2D eigenvalue weighted by molar-refractivity contribution is 0.573. The second-order valence-corrected chi connectivity index (χ2v) is 6.52. The summed E-state index contributed by atoms with van der Waals surface area (Å²) in [5.74, 6) is 1.77. The van der Waals surface area contributed by atoms with Gasteiger partial charge in [0, 0.05) is 30.5 Å². The molecule has 4 nitrogen and oxygen atoms in total. The molecule has 0 atom stereocenters. The van der Waals surface area contributed by atoms with Crippen molar-refractivity contribution in [3.05, 3.63) is 41.1 Å². The highest BCUT2D eigenvalue weighted by Gasteiger charge is 2.15. The van der Waals surface area contributed by atoms with E-state index in [2.05, 4.69) is 53.3 Å². The van der Waals surface area contributed by atoms with E-state index in [-0.39, 0.29) is 0 Å². The minimum atomic E-state index is 0.714. The third-order valence-corrected chi connectivity index (χ3v) is 4.76. The summed E-state index contributed by atoms with van der Waals surface area (Å²) in [6, 6.07) is 8.60. The standard InChI is InChI=1S/C20H28N4/c1-4-16-10-9-11-17(5-2)19(16)23-20-21-15(3)14-18(22-20)24-12-7-6-8-13-24/h9-11,14H,4-8,12-13H2,1-3H3,(H,21,22,23). The summed E-state index contributed by atoms with van der Waals surface area (Å²) in [6.45, 7) is 8.63. The fourth-order valence-electron chi connectivity index (χ4n) is 3.41. The largest absolute Gasteiger partial charge is 0.356 e. The Balaban J connectivity index is 1.92. The molecule has 0 saturated carbocycles. The van der Waals surface area contributed by atoms with Gasteiger partial charge in [-0.15, -0.1) is 0 Å². The van der Waals surface area contributed by atoms with E-state index in [1.54, 1.807) is 0 Å². The molecule has 1 N–H and O–H groups in total. The van der Waals surface area contributed by atoms with E-state index in [0.717, 1.165) is 37.4 Å². The monoisotopic (exact) mass is 324 g/mol. The van der Waals surface area contributed by atoms with E-state index in [4.69, 9.17) is 4.98 Å². The Morgan fingerprint density at radius 3 is 2.29 bits per heavy atom. The highest BCUT2D eigenvalue weighted by molar-refractivity contribution is 5.64. The number of rotatable bonds is 5. The molecule has 24 heavy (non-hydrogen) atoms. The molecule has 1 aliphatic rings. The van der Waals surface area contributed by atoms with E-state index in [1.165, 1.54) is 36.1 Å². The molecule has 1 aromatic carbocycles. The van der Waals surface area contributed by atoms with Gasteiger partial charge < -0.3 is 10.2 Å². The van der Waals surface area contributed by atoms with Crippen molar-refractivity contribution >= 4 is 17.5 Å². The average molecular weight is 324 g/mol. The van der Waals surface area contributed by atoms with Crippen LogP contribution < -0.4 is 10.2 Å². The van der Waals surface area contributed by atoms with Gasteiger partial charge >= 0.3 is 0 Å². The predicted octanol–water partition coefficient (Wildman–Crippen LogP) is 4.64. The first kappa shape index (κ1) is 16.7. The first-order valence-corrected chi connectivity index (χ1v) is 9.19. The molecule has 0 spiro atoms. The molecule has 3 rings (SSSR count). The van der Waals surface area contributed by atoms with E-state index in [9.17, 15) is 0 Å². The summed E-state index contributed by atoms with van der Waals surface area (Å²) in [6.07, 6.45) is 5.84. The number of aromatic nitrogens is 2. The Bertz CT molecular complexity index is 668. The van der Waals surface area contributed by atoms with Gasteiger partial charge in [0.15, 0.2) is 0 Å². The number of anilines is 3. The van der Waals surface area contributed by atoms with Crippen LogP contribution in [0.5, 0.6) is 0 Å². The molecule has 1 aliphatic heterocycles. The first-order chi connectivity index (χ1) is 11.7. The average Bonchev–Trinajstić information content (AvgIpc) is 2.62. The van der Waals surface area contributed by atoms with Crippen LogP contribution in [0.2, 0.25) is 0 Å². The molecule has 0 amide bonds. The Hall–Kier alpha value is -2.10. The van der Waals surface area contributed by atoms with Gasteiger partial charge in [-0.25, -0.2) is 4.98 Å². The molecular weight excluding hydrogens is 296 g/mol. The van der Waals surface area contributed by atoms with Crippen LogP contribution in [0.3, 0.4) is 0 Å². The summed E-state index contributed by atoms with van der Waals surface area (Å²) < 4.78 is 0. The molecule has 2 aromatic rings. The number of aryl methyl sites for hydroxylation is 3. The van der Waals surface area contributed by atoms with Gasteiger partial charge in [-0.1, -0.05) is 32.0 Å². The second-order valence-electron chi connectivity index (χ2n) is 6.52. The third kappa shape index (κ3) is 3.69. The highest BCUT2D eigenvalue weighted by atomic mass is 15.2. The molecule has 0 aliphatic carbocycles. The fourth-order valence-corrected chi connectivity index (χ4v) is 3.41. The Morgan fingerprint density at radius 2 is 1.67 bits per heavy atom. The maximum atomic E-state index is 4.81. The zero-order valence-electron chi connectivity index (χ0n) is 15.1. The number of hydrogen-bond donors (Lipinski definition) is 1. The summed E-state index contributed by atoms with van der Waals surface area (Å²) in [5.41, 5.74) is 4.83. The Labute approximate surface area is 145 Å². The van der Waals surface area contributed by atoms with E-state index in [1.807, 2.05) is 6.92 Å². The molecule has 1 saturated heterocycles. The van der Waals surface area contributed by atoms with Crippen LogP contribution in [0.25, 0.3) is 0 Å². The van der Waals surface area contributed by atoms with Gasteiger partial charge in [0.1, 0.15) is 5.82 Å². The van der Waals surface area contributed by atoms with Gasteiger partial charge in [0.05, 0.1) is 0 Å². The van der Waals surface area contributed by atoms with Crippen LogP contribution >= 0.6 is 0 Å². The lowest BCUT2D eigenvalue weighted by atomic mass is 10.0. The van der Waals surface area contributed by atoms with Crippen molar-refractivity contribution in [2.45, 2.75) is 52.9 Å². The Morgan fingerprint density at radius 1 is 1.00 bits per heavy atom. The number of piperidine rings is 1. The lowest BCUT2D eigenvalue weighted by Crippen LogP contribution is -2.30. The zero-order valence-corrected chi connectivity index (χ0v) is 15.1. The third-order valence-electron chi connectivity index (χ3n) is 4.76. The van der Waals surface area contributed by atoms with E-state index >= 15 is 0 Å². The lowest BCUT2D eigenvalue weighted by Gasteiger charge is -2.28. The first-order valence-electron chi connectivity index (χ1n) is 9.19. The maximum Gasteiger partial charge on any atom is 0.229 e. The number of benzene rings is 1. The smallest absolute Gasteiger partial charge is 0.229 e. The number of nitrogens with zero attached hydrogens (tertiary/aromatic N) is 3. The second kappa shape index (κ2) is 7.65. The molecular formula is C20H28N4. The van der Waals surface area contributed by atoms with Crippen molar-refractivity contribution in [2.24, 2.45) is 0 Å². The normalized spacial score (nSPS) is 14.7. The summed E-state index contributed by atoms with van der Waals surface area (Å²) in [7, 11) is 0. The van der Waals surface area contributed by atoms with E-state index in [0.29, 0.717) is 5.95 Å². The van der Waals surface area contributed by atoms with Crippen LogP contribution in [0.1, 0.15) is 49.9 Å². The molecule has 4 heteroatoms.